The smallest absolute Gasteiger partial charge is 0.416 e. The summed E-state index contributed by atoms with van der Waals surface area (Å²) in [4.78, 5) is 15.9. The molecular weight excluding hydrogens is 399 g/mol. The Kier molecular flexibility index (Phi) is 6.07. The third-order valence-electron chi connectivity index (χ3n) is 4.51. The SMILES string of the molecule is COC1C=C(Oc2cccc(C(F)(F)F)c2)N=C(C(=O)O)C1=C(C)c1ccccc1. The molecule has 1 atom stereocenters. The Hall–Kier alpha value is -3.39. The highest BCUT2D eigenvalue weighted by Crippen LogP contribution is 2.33. The van der Waals surface area contributed by atoms with Gasteiger partial charge in [0.1, 0.15) is 11.9 Å². The van der Waals surface area contributed by atoms with Crippen molar-refractivity contribution in [2.24, 2.45) is 4.99 Å². The molecule has 0 amide bonds. The average molecular weight is 417 g/mol. The first-order chi connectivity index (χ1) is 14.2. The largest absolute Gasteiger partial charge is 0.476 e. The van der Waals surface area contributed by atoms with Crippen molar-refractivity contribution in [1.82, 2.24) is 0 Å². The van der Waals surface area contributed by atoms with Crippen LogP contribution in [-0.2, 0) is 15.7 Å². The van der Waals surface area contributed by atoms with E-state index in [2.05, 4.69) is 4.99 Å². The molecule has 2 aromatic rings. The van der Waals surface area contributed by atoms with Crippen LogP contribution in [0.1, 0.15) is 18.1 Å². The topological polar surface area (TPSA) is 68.1 Å². The summed E-state index contributed by atoms with van der Waals surface area (Å²) >= 11 is 0. The number of carboxylic acids is 1. The zero-order chi connectivity index (χ0) is 21.9. The molecule has 8 heteroatoms. The van der Waals surface area contributed by atoms with Crippen LogP contribution < -0.4 is 4.74 Å². The molecule has 0 spiro atoms. The standard InChI is InChI=1S/C22H18F3NO4/c1-13(14-7-4-3-5-8-14)19-17(29-2)12-18(26-20(19)21(27)28)30-16-10-6-9-15(11-16)22(23,24)25/h3-12,17H,1-2H3,(H,27,28). The lowest BCUT2D eigenvalue weighted by molar-refractivity contribution is -0.137. The van der Waals surface area contributed by atoms with E-state index in [1.807, 2.05) is 30.3 Å². The summed E-state index contributed by atoms with van der Waals surface area (Å²) in [6.45, 7) is 1.75. The molecule has 1 aliphatic heterocycles. The highest BCUT2D eigenvalue weighted by atomic mass is 19.4. The van der Waals surface area contributed by atoms with Gasteiger partial charge in [-0.3, -0.25) is 0 Å². The van der Waals surface area contributed by atoms with Crippen molar-refractivity contribution in [3.8, 4) is 5.75 Å². The van der Waals surface area contributed by atoms with Crippen molar-refractivity contribution >= 4 is 17.3 Å². The fourth-order valence-corrected chi connectivity index (χ4v) is 3.05. The van der Waals surface area contributed by atoms with Crippen molar-refractivity contribution in [1.29, 1.82) is 0 Å². The van der Waals surface area contributed by atoms with Crippen molar-refractivity contribution < 1.29 is 32.5 Å². The van der Waals surface area contributed by atoms with Gasteiger partial charge >= 0.3 is 12.1 Å². The zero-order valence-electron chi connectivity index (χ0n) is 16.1. The Labute approximate surface area is 170 Å². The van der Waals surface area contributed by atoms with Gasteiger partial charge in [-0.2, -0.15) is 13.2 Å². The molecule has 3 rings (SSSR count). The predicted molar refractivity (Wildman–Crippen MR) is 105 cm³/mol. The van der Waals surface area contributed by atoms with Crippen LogP contribution in [0.5, 0.6) is 5.75 Å². The number of carboxylic acid groups (broad SMARTS) is 1. The molecule has 0 radical (unpaired) electrons. The van der Waals surface area contributed by atoms with Gasteiger partial charge in [0.05, 0.1) is 5.56 Å². The van der Waals surface area contributed by atoms with Crippen LogP contribution in [0.15, 0.2) is 77.1 Å². The van der Waals surface area contributed by atoms with Crippen LogP contribution in [-0.4, -0.2) is 30.0 Å². The number of rotatable bonds is 5. The third kappa shape index (κ3) is 4.60. The number of methoxy groups -OCH3 is 1. The molecule has 2 aromatic carbocycles. The van der Waals surface area contributed by atoms with Gasteiger partial charge in [-0.05, 0) is 36.3 Å². The Morgan fingerprint density at radius 2 is 1.80 bits per heavy atom. The van der Waals surface area contributed by atoms with Gasteiger partial charge in [0.15, 0.2) is 5.71 Å². The summed E-state index contributed by atoms with van der Waals surface area (Å²) in [7, 11) is 1.39. The number of aliphatic imine (C=N–C) groups is 1. The summed E-state index contributed by atoms with van der Waals surface area (Å²) in [5.41, 5.74) is 0.597. The summed E-state index contributed by atoms with van der Waals surface area (Å²) in [6, 6.07) is 13.4. The van der Waals surface area contributed by atoms with Gasteiger partial charge in [0.2, 0.25) is 5.88 Å². The van der Waals surface area contributed by atoms with E-state index in [4.69, 9.17) is 9.47 Å². The number of allylic oxidation sites excluding steroid dienone is 1. The van der Waals surface area contributed by atoms with E-state index in [1.54, 1.807) is 6.92 Å². The minimum absolute atomic E-state index is 0.119. The van der Waals surface area contributed by atoms with E-state index >= 15 is 0 Å². The fourth-order valence-electron chi connectivity index (χ4n) is 3.05. The molecule has 1 unspecified atom stereocenters. The molecule has 0 fully saturated rings. The van der Waals surface area contributed by atoms with Gasteiger partial charge in [-0.1, -0.05) is 36.4 Å². The number of nitrogens with zero attached hydrogens (tertiary/aromatic N) is 1. The first-order valence-corrected chi connectivity index (χ1v) is 8.89. The molecule has 5 nitrogen and oxygen atoms in total. The lowest BCUT2D eigenvalue weighted by Crippen LogP contribution is -2.30. The van der Waals surface area contributed by atoms with Gasteiger partial charge in [0, 0.05) is 18.8 Å². The number of benzene rings is 2. The number of hydrogen-bond acceptors (Lipinski definition) is 4. The quantitative estimate of drug-likeness (QED) is 0.747. The minimum Gasteiger partial charge on any atom is -0.476 e. The predicted octanol–water partition coefficient (Wildman–Crippen LogP) is 4.95. The lowest BCUT2D eigenvalue weighted by atomic mass is 9.92. The van der Waals surface area contributed by atoms with Crippen LogP contribution in [0.3, 0.4) is 0 Å². The third-order valence-corrected chi connectivity index (χ3v) is 4.51. The Morgan fingerprint density at radius 1 is 1.10 bits per heavy atom. The molecule has 30 heavy (non-hydrogen) atoms. The van der Waals surface area contributed by atoms with Gasteiger partial charge in [-0.15, -0.1) is 0 Å². The molecule has 0 bridgehead atoms. The van der Waals surface area contributed by atoms with E-state index < -0.39 is 23.8 Å². The van der Waals surface area contributed by atoms with E-state index in [-0.39, 0.29) is 17.3 Å². The normalized spacial score (nSPS) is 18.4. The first-order valence-electron chi connectivity index (χ1n) is 8.89. The van der Waals surface area contributed by atoms with Crippen molar-refractivity contribution in [2.45, 2.75) is 19.2 Å². The van der Waals surface area contributed by atoms with Gasteiger partial charge in [0.25, 0.3) is 0 Å². The molecule has 1 N–H and O–H groups in total. The van der Waals surface area contributed by atoms with Crippen molar-refractivity contribution in [2.75, 3.05) is 7.11 Å². The van der Waals surface area contributed by atoms with E-state index in [1.165, 1.54) is 25.3 Å². The summed E-state index contributed by atoms with van der Waals surface area (Å²) in [5, 5.41) is 9.70. The maximum Gasteiger partial charge on any atom is 0.416 e. The van der Waals surface area contributed by atoms with Gasteiger partial charge < -0.3 is 14.6 Å². The number of carbonyl (C=O) groups is 1. The van der Waals surface area contributed by atoms with Crippen LogP contribution in [0.25, 0.3) is 5.57 Å². The second-order valence-electron chi connectivity index (χ2n) is 6.46. The van der Waals surface area contributed by atoms with Crippen LogP contribution in [0.2, 0.25) is 0 Å². The van der Waals surface area contributed by atoms with Crippen LogP contribution >= 0.6 is 0 Å². The average Bonchev–Trinajstić information content (AvgIpc) is 2.72. The van der Waals surface area contributed by atoms with Crippen LogP contribution in [0, 0.1) is 0 Å². The van der Waals surface area contributed by atoms with E-state index in [0.29, 0.717) is 11.1 Å². The minimum atomic E-state index is -4.53. The molecule has 0 aromatic heterocycles. The number of aliphatic carboxylic acids is 1. The second-order valence-corrected chi connectivity index (χ2v) is 6.46. The Bertz CT molecular complexity index is 1040. The molecule has 0 saturated heterocycles. The molecular formula is C22H18F3NO4. The molecule has 0 aliphatic carbocycles. The number of hydrogen-bond donors (Lipinski definition) is 1. The number of alkyl halides is 3. The maximum absolute atomic E-state index is 12.9. The maximum atomic E-state index is 12.9. The van der Waals surface area contributed by atoms with Gasteiger partial charge in [-0.25, -0.2) is 9.79 Å². The lowest BCUT2D eigenvalue weighted by Gasteiger charge is -2.24. The summed E-state index contributed by atoms with van der Waals surface area (Å²) in [6.07, 6.45) is -3.92. The number of halogens is 3. The fraction of sp³-hybridized carbons (Fsp3) is 0.182. The van der Waals surface area contributed by atoms with E-state index in [0.717, 1.165) is 17.7 Å². The monoisotopic (exact) mass is 417 g/mol. The molecule has 156 valence electrons. The summed E-state index contributed by atoms with van der Waals surface area (Å²) < 4.78 is 49.7. The van der Waals surface area contributed by atoms with Crippen LogP contribution in [0.4, 0.5) is 13.2 Å². The number of ether oxygens (including phenoxy) is 2. The molecule has 1 aliphatic rings. The van der Waals surface area contributed by atoms with Crippen molar-refractivity contribution in [3.63, 3.8) is 0 Å². The molecule has 0 saturated carbocycles. The zero-order valence-corrected chi connectivity index (χ0v) is 16.1. The Balaban J connectivity index is 2.02. The summed E-state index contributed by atoms with van der Waals surface area (Å²) in [5.74, 6) is -1.59. The second kappa shape index (κ2) is 8.54. The highest BCUT2D eigenvalue weighted by Gasteiger charge is 2.32. The Morgan fingerprint density at radius 3 is 2.40 bits per heavy atom. The van der Waals surface area contributed by atoms with E-state index in [9.17, 15) is 23.1 Å². The first kappa shape index (κ1) is 21.3. The van der Waals surface area contributed by atoms with Crippen molar-refractivity contribution in [3.05, 3.63) is 83.3 Å². The molecule has 1 heterocycles. The highest BCUT2D eigenvalue weighted by molar-refractivity contribution is 6.44.